The van der Waals surface area contributed by atoms with Crippen LogP contribution in [0.25, 0.3) is 11.0 Å². The lowest BCUT2D eigenvalue weighted by molar-refractivity contribution is -0.124. The van der Waals surface area contributed by atoms with Crippen molar-refractivity contribution in [1.29, 1.82) is 0 Å². The molecule has 1 N–H and O–H groups in total. The maximum absolute atomic E-state index is 13.4. The third-order valence-electron chi connectivity index (χ3n) is 5.65. The third kappa shape index (κ3) is 5.37. The van der Waals surface area contributed by atoms with Crippen molar-refractivity contribution in [2.24, 2.45) is 0 Å². The molecule has 7 heteroatoms. The smallest absolute Gasteiger partial charge is 0.243 e. The molecule has 5 nitrogen and oxygen atoms in total. The first-order chi connectivity index (χ1) is 16.1. The van der Waals surface area contributed by atoms with Crippen LogP contribution >= 0.6 is 23.2 Å². The Balaban J connectivity index is 1.65. The maximum atomic E-state index is 13.4. The van der Waals surface area contributed by atoms with Crippen molar-refractivity contribution in [2.75, 3.05) is 6.54 Å². The van der Waals surface area contributed by atoms with Gasteiger partial charge in [0.1, 0.15) is 11.9 Å². The maximum Gasteiger partial charge on any atom is 0.243 e. The van der Waals surface area contributed by atoms with Crippen LogP contribution in [0, 0.1) is 0 Å². The number of rotatable bonds is 9. The first kappa shape index (κ1) is 23.3. The van der Waals surface area contributed by atoms with E-state index in [0.717, 1.165) is 34.5 Å². The summed E-state index contributed by atoms with van der Waals surface area (Å²) in [4.78, 5) is 22.6. The summed E-state index contributed by atoms with van der Waals surface area (Å²) in [5.41, 5.74) is 3.53. The zero-order chi connectivity index (χ0) is 23.2. The van der Waals surface area contributed by atoms with E-state index in [1.807, 2.05) is 60.7 Å². The molecule has 0 unspecified atom stereocenters. The number of hydrogen-bond acceptors (Lipinski definition) is 3. The van der Waals surface area contributed by atoms with Crippen LogP contribution in [0.4, 0.5) is 0 Å². The summed E-state index contributed by atoms with van der Waals surface area (Å²) in [7, 11) is 0. The number of halogens is 2. The molecule has 2 aromatic heterocycles. The minimum atomic E-state index is -0.387. The van der Waals surface area contributed by atoms with Crippen LogP contribution in [-0.2, 0) is 17.6 Å². The Hall–Kier alpha value is -2.89. The Kier molecular flexibility index (Phi) is 7.63. The molecule has 0 aliphatic heterocycles. The van der Waals surface area contributed by atoms with Crippen LogP contribution in [0.15, 0.2) is 66.9 Å². The number of aromatic nitrogens is 3. The Morgan fingerprint density at radius 1 is 1.03 bits per heavy atom. The molecule has 0 aliphatic rings. The van der Waals surface area contributed by atoms with Crippen molar-refractivity contribution in [3.05, 3.63) is 94.0 Å². The Morgan fingerprint density at radius 3 is 2.52 bits per heavy atom. The van der Waals surface area contributed by atoms with Gasteiger partial charge in [-0.3, -0.25) is 9.78 Å². The van der Waals surface area contributed by atoms with Crippen LogP contribution in [0.2, 0.25) is 10.0 Å². The van der Waals surface area contributed by atoms with E-state index in [9.17, 15) is 4.79 Å². The number of amides is 1. The molecule has 0 bridgehead atoms. The van der Waals surface area contributed by atoms with Crippen LogP contribution in [0.5, 0.6) is 0 Å². The second-order valence-corrected chi connectivity index (χ2v) is 8.74. The van der Waals surface area contributed by atoms with Crippen molar-refractivity contribution >= 4 is 40.1 Å². The fourth-order valence-corrected chi connectivity index (χ4v) is 4.59. The largest absolute Gasteiger partial charge is 0.354 e. The first-order valence-electron chi connectivity index (χ1n) is 11.1. The predicted molar refractivity (Wildman–Crippen MR) is 134 cm³/mol. The lowest BCUT2D eigenvalue weighted by atomic mass is 10.1. The summed E-state index contributed by atoms with van der Waals surface area (Å²) < 4.78 is 2.05. The van der Waals surface area contributed by atoms with Crippen molar-refractivity contribution < 1.29 is 4.79 Å². The SMILES string of the molecule is CCC[C@@H](C(=O)NCCc1ccccn1)n1c(Cc2c(Cl)cccc2Cl)nc2ccccc21. The van der Waals surface area contributed by atoms with E-state index in [2.05, 4.69) is 21.8 Å². The topological polar surface area (TPSA) is 59.8 Å². The third-order valence-corrected chi connectivity index (χ3v) is 6.36. The van der Waals surface area contributed by atoms with Crippen LogP contribution < -0.4 is 5.32 Å². The summed E-state index contributed by atoms with van der Waals surface area (Å²) >= 11 is 12.9. The molecular weight excluding hydrogens is 455 g/mol. The zero-order valence-corrected chi connectivity index (χ0v) is 20.0. The van der Waals surface area contributed by atoms with E-state index in [1.54, 1.807) is 6.20 Å². The Labute approximate surface area is 203 Å². The van der Waals surface area contributed by atoms with Gasteiger partial charge in [0, 0.05) is 41.3 Å². The van der Waals surface area contributed by atoms with Crippen molar-refractivity contribution in [3.63, 3.8) is 0 Å². The highest BCUT2D eigenvalue weighted by molar-refractivity contribution is 6.36. The highest BCUT2D eigenvalue weighted by Crippen LogP contribution is 2.30. The second kappa shape index (κ2) is 10.8. The second-order valence-electron chi connectivity index (χ2n) is 7.93. The van der Waals surface area contributed by atoms with E-state index < -0.39 is 0 Å². The lowest BCUT2D eigenvalue weighted by Gasteiger charge is -2.21. The number of nitrogens with zero attached hydrogens (tertiary/aromatic N) is 3. The molecule has 2 heterocycles. The number of hydrogen-bond donors (Lipinski definition) is 1. The molecule has 1 amide bonds. The fraction of sp³-hybridized carbons (Fsp3) is 0.269. The van der Waals surface area contributed by atoms with Gasteiger partial charge in [-0.15, -0.1) is 0 Å². The molecule has 1 atom stereocenters. The molecule has 0 aliphatic carbocycles. The van der Waals surface area contributed by atoms with E-state index in [0.29, 0.717) is 35.9 Å². The number of carbonyl (C=O) groups excluding carboxylic acids is 1. The summed E-state index contributed by atoms with van der Waals surface area (Å²) in [6, 6.07) is 18.8. The molecule has 2 aromatic carbocycles. The molecule has 33 heavy (non-hydrogen) atoms. The van der Waals surface area contributed by atoms with Gasteiger partial charge in [0.05, 0.1) is 11.0 Å². The molecule has 4 rings (SSSR count). The average Bonchev–Trinajstić information content (AvgIpc) is 3.18. The minimum Gasteiger partial charge on any atom is -0.354 e. The molecule has 0 spiro atoms. The van der Waals surface area contributed by atoms with E-state index in [4.69, 9.17) is 28.2 Å². The van der Waals surface area contributed by atoms with Gasteiger partial charge in [-0.25, -0.2) is 4.98 Å². The van der Waals surface area contributed by atoms with Crippen LogP contribution in [-0.4, -0.2) is 27.0 Å². The molecule has 4 aromatic rings. The van der Waals surface area contributed by atoms with Gasteiger partial charge in [-0.05, 0) is 48.4 Å². The Bertz CT molecular complexity index is 1220. The molecule has 0 radical (unpaired) electrons. The minimum absolute atomic E-state index is 0.0255. The van der Waals surface area contributed by atoms with Gasteiger partial charge in [0.2, 0.25) is 5.91 Å². The number of imidazole rings is 1. The van der Waals surface area contributed by atoms with Gasteiger partial charge < -0.3 is 9.88 Å². The van der Waals surface area contributed by atoms with Crippen LogP contribution in [0.3, 0.4) is 0 Å². The molecule has 0 saturated heterocycles. The predicted octanol–water partition coefficient (Wildman–Crippen LogP) is 6.03. The first-order valence-corrected chi connectivity index (χ1v) is 11.9. The summed E-state index contributed by atoms with van der Waals surface area (Å²) in [6.45, 7) is 2.60. The quantitative estimate of drug-likeness (QED) is 0.318. The number of fused-ring (bicyclic) bond motifs is 1. The van der Waals surface area contributed by atoms with Crippen LogP contribution in [0.1, 0.15) is 42.9 Å². The number of nitrogens with one attached hydrogen (secondary N) is 1. The van der Waals surface area contributed by atoms with Crippen molar-refractivity contribution in [3.8, 4) is 0 Å². The summed E-state index contributed by atoms with van der Waals surface area (Å²) in [5, 5.41) is 4.28. The van der Waals surface area contributed by atoms with Gasteiger partial charge in [-0.2, -0.15) is 0 Å². The van der Waals surface area contributed by atoms with Gasteiger partial charge in [0.15, 0.2) is 0 Å². The van der Waals surface area contributed by atoms with Gasteiger partial charge >= 0.3 is 0 Å². The average molecular weight is 481 g/mol. The lowest BCUT2D eigenvalue weighted by Crippen LogP contribution is -2.34. The van der Waals surface area contributed by atoms with E-state index in [1.165, 1.54) is 0 Å². The molecular formula is C26H26Cl2N4O. The zero-order valence-electron chi connectivity index (χ0n) is 18.5. The fourth-order valence-electron chi connectivity index (χ4n) is 4.05. The number of benzene rings is 2. The molecule has 170 valence electrons. The van der Waals surface area contributed by atoms with Gasteiger partial charge in [-0.1, -0.05) is 60.8 Å². The van der Waals surface area contributed by atoms with E-state index in [-0.39, 0.29) is 11.9 Å². The number of para-hydroxylation sites is 2. The summed E-state index contributed by atoms with van der Waals surface area (Å²) in [5.74, 6) is 0.743. The highest BCUT2D eigenvalue weighted by atomic mass is 35.5. The monoisotopic (exact) mass is 480 g/mol. The summed E-state index contributed by atoms with van der Waals surface area (Å²) in [6.07, 6.45) is 4.43. The number of pyridine rings is 1. The molecule has 0 fully saturated rings. The standard InChI is InChI=1S/C26H26Cl2N4O/c1-2-8-24(26(33)30-16-14-18-9-5-6-15-29-18)32-23-13-4-3-12-22(23)31-25(32)17-19-20(27)10-7-11-21(19)28/h3-7,9-13,15,24H,2,8,14,16-17H2,1H3,(H,30,33)/t24-/m0/s1. The highest BCUT2D eigenvalue weighted by Gasteiger charge is 2.25. The molecule has 0 saturated carbocycles. The van der Waals surface area contributed by atoms with Gasteiger partial charge in [0.25, 0.3) is 0 Å². The van der Waals surface area contributed by atoms with Crippen molar-refractivity contribution in [2.45, 2.75) is 38.6 Å². The Morgan fingerprint density at radius 2 is 1.79 bits per heavy atom. The van der Waals surface area contributed by atoms with Crippen molar-refractivity contribution in [1.82, 2.24) is 19.9 Å². The normalized spacial score (nSPS) is 12.1. The number of carbonyl (C=O) groups is 1. The van der Waals surface area contributed by atoms with E-state index >= 15 is 0 Å².